The van der Waals surface area contributed by atoms with E-state index in [0.29, 0.717) is 12.8 Å². The van der Waals surface area contributed by atoms with Gasteiger partial charge in [0.2, 0.25) is 5.91 Å². The van der Waals surface area contributed by atoms with Crippen molar-refractivity contribution < 1.29 is 29.0 Å². The molecule has 0 bridgehead atoms. The molecule has 2 N–H and O–H groups in total. The molecule has 7 heteroatoms. The maximum atomic E-state index is 12.1. The largest absolute Gasteiger partial charge is 0.462 e. The van der Waals surface area contributed by atoms with Gasteiger partial charge in [0.05, 0.1) is 12.7 Å². The van der Waals surface area contributed by atoms with E-state index in [-0.39, 0.29) is 31.0 Å². The summed E-state index contributed by atoms with van der Waals surface area (Å²) in [6.45, 7) is 9.84. The zero-order valence-corrected chi connectivity index (χ0v) is 16.2. The lowest BCUT2D eigenvalue weighted by molar-refractivity contribution is -0.154. The first kappa shape index (κ1) is 22.3. The molecule has 1 aliphatic carbocycles. The topological polar surface area (TPSA) is 102 Å². The SMILES string of the molecule is C=CC(=O)NC(C)(C)C(=O)OCCOC1CCC(C(=O)C(C)(C)O)CC1. The van der Waals surface area contributed by atoms with Crippen LogP contribution < -0.4 is 5.32 Å². The van der Waals surface area contributed by atoms with E-state index in [1.807, 2.05) is 0 Å². The van der Waals surface area contributed by atoms with E-state index in [1.54, 1.807) is 13.8 Å². The summed E-state index contributed by atoms with van der Waals surface area (Å²) in [5.74, 6) is -1.23. The molecule has 1 rings (SSSR count). The number of aliphatic hydroxyl groups is 1. The quantitative estimate of drug-likeness (QED) is 0.363. The first-order valence-corrected chi connectivity index (χ1v) is 8.97. The van der Waals surface area contributed by atoms with Crippen LogP contribution in [0, 0.1) is 5.92 Å². The molecule has 1 aliphatic rings. The van der Waals surface area contributed by atoms with Crippen molar-refractivity contribution in [3.63, 3.8) is 0 Å². The molecule has 0 atom stereocenters. The number of hydrogen-bond donors (Lipinski definition) is 2. The number of carbonyl (C=O) groups excluding carboxylic acids is 3. The van der Waals surface area contributed by atoms with Crippen molar-refractivity contribution in [1.82, 2.24) is 5.32 Å². The fourth-order valence-corrected chi connectivity index (χ4v) is 2.93. The van der Waals surface area contributed by atoms with Crippen molar-refractivity contribution in [2.75, 3.05) is 13.2 Å². The molecule has 0 spiro atoms. The van der Waals surface area contributed by atoms with E-state index in [1.165, 1.54) is 13.8 Å². The van der Waals surface area contributed by atoms with Gasteiger partial charge < -0.3 is 19.9 Å². The van der Waals surface area contributed by atoms with Gasteiger partial charge in [0.25, 0.3) is 0 Å². The summed E-state index contributed by atoms with van der Waals surface area (Å²) in [5.41, 5.74) is -2.43. The molecule has 0 aliphatic heterocycles. The predicted octanol–water partition coefficient (Wildman–Crippen LogP) is 1.53. The standard InChI is InChI=1S/C19H31NO6/c1-6-15(21)20-18(2,3)17(23)26-12-11-25-14-9-7-13(8-10-14)16(22)19(4,5)24/h6,13-14,24H,1,7-12H2,2-5H3,(H,20,21). The third-order valence-corrected chi connectivity index (χ3v) is 4.45. The summed E-state index contributed by atoms with van der Waals surface area (Å²) in [7, 11) is 0. The Morgan fingerprint density at radius 1 is 1.12 bits per heavy atom. The number of ether oxygens (including phenoxy) is 2. The summed E-state index contributed by atoms with van der Waals surface area (Å²) >= 11 is 0. The number of Topliss-reactive ketones (excluding diaryl/α,β-unsaturated/α-hetero) is 1. The molecule has 0 aromatic heterocycles. The highest BCUT2D eigenvalue weighted by molar-refractivity contribution is 5.92. The normalized spacial score (nSPS) is 21.0. The second kappa shape index (κ2) is 9.28. The molecule has 7 nitrogen and oxygen atoms in total. The van der Waals surface area contributed by atoms with Crippen molar-refractivity contribution in [2.24, 2.45) is 5.92 Å². The molecular formula is C19H31NO6. The molecule has 1 saturated carbocycles. The van der Waals surface area contributed by atoms with Crippen molar-refractivity contribution in [3.05, 3.63) is 12.7 Å². The molecule has 26 heavy (non-hydrogen) atoms. The summed E-state index contributed by atoms with van der Waals surface area (Å²) in [4.78, 5) is 35.4. The highest BCUT2D eigenvalue weighted by Gasteiger charge is 2.34. The van der Waals surface area contributed by atoms with Crippen molar-refractivity contribution in [1.29, 1.82) is 0 Å². The van der Waals surface area contributed by atoms with Crippen molar-refractivity contribution in [2.45, 2.75) is 70.6 Å². The van der Waals surface area contributed by atoms with Crippen molar-refractivity contribution in [3.8, 4) is 0 Å². The number of amides is 1. The molecule has 0 saturated heterocycles. The van der Waals surface area contributed by atoms with E-state index >= 15 is 0 Å². The van der Waals surface area contributed by atoms with E-state index in [9.17, 15) is 19.5 Å². The zero-order chi connectivity index (χ0) is 20.0. The molecular weight excluding hydrogens is 338 g/mol. The second-order valence-electron chi connectivity index (χ2n) is 7.72. The van der Waals surface area contributed by atoms with Gasteiger partial charge in [0.15, 0.2) is 5.78 Å². The van der Waals surface area contributed by atoms with Crippen LogP contribution in [0.3, 0.4) is 0 Å². The van der Waals surface area contributed by atoms with Gasteiger partial charge in [-0.25, -0.2) is 4.79 Å². The van der Waals surface area contributed by atoms with Gasteiger partial charge in [-0.3, -0.25) is 9.59 Å². The van der Waals surface area contributed by atoms with Gasteiger partial charge in [-0.15, -0.1) is 0 Å². The third kappa shape index (κ3) is 6.88. The lowest BCUT2D eigenvalue weighted by Gasteiger charge is -2.31. The molecule has 0 aromatic carbocycles. The Balaban J connectivity index is 2.27. The number of nitrogens with one attached hydrogen (secondary N) is 1. The minimum Gasteiger partial charge on any atom is -0.462 e. The summed E-state index contributed by atoms with van der Waals surface area (Å²) < 4.78 is 10.9. The lowest BCUT2D eigenvalue weighted by atomic mass is 9.80. The highest BCUT2D eigenvalue weighted by atomic mass is 16.6. The first-order chi connectivity index (χ1) is 12.0. The molecule has 0 heterocycles. The lowest BCUT2D eigenvalue weighted by Crippen LogP contribution is -2.50. The van der Waals surface area contributed by atoms with Gasteiger partial charge in [0, 0.05) is 5.92 Å². The van der Waals surface area contributed by atoms with Gasteiger partial charge in [-0.05, 0) is 59.5 Å². The smallest absolute Gasteiger partial charge is 0.331 e. The Kier molecular flexibility index (Phi) is 7.96. The van der Waals surface area contributed by atoms with Crippen LogP contribution in [0.25, 0.3) is 0 Å². The van der Waals surface area contributed by atoms with Gasteiger partial charge in [0.1, 0.15) is 17.7 Å². The second-order valence-corrected chi connectivity index (χ2v) is 7.72. The number of esters is 1. The van der Waals surface area contributed by atoms with Crippen molar-refractivity contribution >= 4 is 17.7 Å². The van der Waals surface area contributed by atoms with Gasteiger partial charge >= 0.3 is 5.97 Å². The van der Waals surface area contributed by atoms with Gasteiger partial charge in [-0.1, -0.05) is 6.58 Å². The number of rotatable bonds is 9. The van der Waals surface area contributed by atoms with Crippen LogP contribution in [0.1, 0.15) is 53.4 Å². The molecule has 0 aromatic rings. The van der Waals surface area contributed by atoms with Crippen LogP contribution in [0.4, 0.5) is 0 Å². The Morgan fingerprint density at radius 2 is 1.69 bits per heavy atom. The van der Waals surface area contributed by atoms with Crippen LogP contribution in [0.5, 0.6) is 0 Å². The van der Waals surface area contributed by atoms with Crippen LogP contribution in [0.2, 0.25) is 0 Å². The molecule has 0 radical (unpaired) electrons. The molecule has 1 amide bonds. The Morgan fingerprint density at radius 3 is 2.19 bits per heavy atom. The maximum Gasteiger partial charge on any atom is 0.331 e. The maximum absolute atomic E-state index is 12.1. The fourth-order valence-electron chi connectivity index (χ4n) is 2.93. The Bertz CT molecular complexity index is 527. The minimum atomic E-state index is -1.29. The van der Waals surface area contributed by atoms with Crippen LogP contribution in [-0.2, 0) is 23.9 Å². The zero-order valence-electron chi connectivity index (χ0n) is 16.2. The summed E-state index contributed by atoms with van der Waals surface area (Å²) in [5, 5.41) is 12.3. The molecule has 0 unspecified atom stereocenters. The fraction of sp³-hybridized carbons (Fsp3) is 0.737. The predicted molar refractivity (Wildman–Crippen MR) is 96.4 cm³/mol. The third-order valence-electron chi connectivity index (χ3n) is 4.45. The average Bonchev–Trinajstić information content (AvgIpc) is 2.57. The van der Waals surface area contributed by atoms with E-state index in [4.69, 9.17) is 9.47 Å². The van der Waals surface area contributed by atoms with Crippen LogP contribution in [-0.4, -0.2) is 53.2 Å². The number of carbonyl (C=O) groups is 3. The number of ketones is 1. The van der Waals surface area contributed by atoms with E-state index in [0.717, 1.165) is 18.9 Å². The van der Waals surface area contributed by atoms with Crippen LogP contribution >= 0.6 is 0 Å². The first-order valence-electron chi connectivity index (χ1n) is 8.97. The highest BCUT2D eigenvalue weighted by Crippen LogP contribution is 2.29. The monoisotopic (exact) mass is 369 g/mol. The van der Waals surface area contributed by atoms with E-state index < -0.39 is 23.0 Å². The number of hydrogen-bond acceptors (Lipinski definition) is 6. The van der Waals surface area contributed by atoms with E-state index in [2.05, 4.69) is 11.9 Å². The molecule has 1 fully saturated rings. The minimum absolute atomic E-state index is 0.0213. The summed E-state index contributed by atoms with van der Waals surface area (Å²) in [6, 6.07) is 0. The van der Waals surface area contributed by atoms with Gasteiger partial charge in [-0.2, -0.15) is 0 Å². The summed E-state index contributed by atoms with van der Waals surface area (Å²) in [6.07, 6.45) is 3.97. The molecule has 148 valence electrons. The average molecular weight is 369 g/mol. The van der Waals surface area contributed by atoms with Crippen LogP contribution in [0.15, 0.2) is 12.7 Å². The Labute approximate surface area is 155 Å². The Hall–Kier alpha value is -1.73.